The van der Waals surface area contributed by atoms with Crippen molar-refractivity contribution in [1.29, 1.82) is 0 Å². The molecule has 1 amide bonds. The number of hydrogen-bond donors (Lipinski definition) is 1. The Morgan fingerprint density at radius 3 is 2.29 bits per heavy atom. The van der Waals surface area contributed by atoms with Gasteiger partial charge in [-0.25, -0.2) is 0 Å². The molecular weight excluding hydrogens is 366 g/mol. The van der Waals surface area contributed by atoms with E-state index in [0.29, 0.717) is 13.0 Å². The number of likely N-dealkylation sites (tertiary alicyclic amines) is 1. The summed E-state index contributed by atoms with van der Waals surface area (Å²) in [7, 11) is 2.19. The van der Waals surface area contributed by atoms with Gasteiger partial charge in [-0.3, -0.25) is 4.79 Å². The zero-order valence-electron chi connectivity index (χ0n) is 16.6. The summed E-state index contributed by atoms with van der Waals surface area (Å²) in [5.74, 6) is 0.912. The Morgan fingerprint density at radius 1 is 1.04 bits per heavy atom. The number of carbonyl (C=O) groups excluding carboxylic acids is 1. The molecule has 0 spiro atoms. The Morgan fingerprint density at radius 2 is 1.64 bits per heavy atom. The lowest BCUT2D eigenvalue weighted by Gasteiger charge is -2.32. The fraction of sp³-hybridized carbons (Fsp3) is 0.435. The van der Waals surface area contributed by atoms with Crippen LogP contribution in [0, 0.1) is 5.92 Å². The highest BCUT2D eigenvalue weighted by atomic mass is 32.2. The lowest BCUT2D eigenvalue weighted by atomic mass is 9.94. The number of piperidine rings is 1. The predicted octanol–water partition coefficient (Wildman–Crippen LogP) is 4.53. The monoisotopic (exact) mass is 395 g/mol. The molecule has 148 valence electrons. The van der Waals surface area contributed by atoms with Gasteiger partial charge in [0.25, 0.3) is 0 Å². The number of rotatable bonds is 6. The van der Waals surface area contributed by atoms with Crippen LogP contribution in [0.2, 0.25) is 0 Å². The second-order valence-electron chi connectivity index (χ2n) is 7.82. The molecule has 1 saturated heterocycles. The standard InChI is InChI=1S/C23H29N3OS/c1-25-15-11-18(12-16-25)10-14-24-23(27)13-17-26-19-6-2-4-8-21(19)28-22-9-5-3-7-20(22)26/h2-9,18H,10-17H2,1H3,(H,24,27). The molecule has 28 heavy (non-hydrogen) atoms. The minimum atomic E-state index is 0.154. The maximum atomic E-state index is 12.5. The number of benzene rings is 2. The van der Waals surface area contributed by atoms with Gasteiger partial charge in [0, 0.05) is 29.3 Å². The summed E-state index contributed by atoms with van der Waals surface area (Å²) in [6.07, 6.45) is 4.13. The molecule has 4 rings (SSSR count). The lowest BCUT2D eigenvalue weighted by Crippen LogP contribution is -2.33. The molecule has 1 fully saturated rings. The molecule has 0 bridgehead atoms. The van der Waals surface area contributed by atoms with Crippen LogP contribution in [0.25, 0.3) is 0 Å². The van der Waals surface area contributed by atoms with Crippen molar-refractivity contribution in [2.45, 2.75) is 35.5 Å². The quantitative estimate of drug-likeness (QED) is 0.780. The van der Waals surface area contributed by atoms with E-state index < -0.39 is 0 Å². The topological polar surface area (TPSA) is 35.6 Å². The van der Waals surface area contributed by atoms with Crippen LogP contribution < -0.4 is 10.2 Å². The molecule has 0 unspecified atom stereocenters. The fourth-order valence-electron chi connectivity index (χ4n) is 4.09. The SMILES string of the molecule is CN1CCC(CCNC(=O)CCN2c3ccccc3Sc3ccccc32)CC1. The number of fused-ring (bicyclic) bond motifs is 2. The van der Waals surface area contributed by atoms with Gasteiger partial charge in [0.2, 0.25) is 5.91 Å². The van der Waals surface area contributed by atoms with Crippen molar-refractivity contribution in [2.75, 3.05) is 38.1 Å². The van der Waals surface area contributed by atoms with E-state index in [9.17, 15) is 4.79 Å². The summed E-state index contributed by atoms with van der Waals surface area (Å²) >= 11 is 1.80. The zero-order chi connectivity index (χ0) is 19.3. The van der Waals surface area contributed by atoms with Crippen molar-refractivity contribution < 1.29 is 4.79 Å². The molecular formula is C23H29N3OS. The molecule has 2 aromatic carbocycles. The molecule has 1 N–H and O–H groups in total. The van der Waals surface area contributed by atoms with E-state index in [1.807, 2.05) is 0 Å². The summed E-state index contributed by atoms with van der Waals surface area (Å²) in [6, 6.07) is 16.9. The Labute approximate surface area is 172 Å². The first kappa shape index (κ1) is 19.3. The minimum absolute atomic E-state index is 0.154. The Balaban J connectivity index is 1.31. The largest absolute Gasteiger partial charge is 0.356 e. The van der Waals surface area contributed by atoms with E-state index in [-0.39, 0.29) is 5.91 Å². The first-order chi connectivity index (χ1) is 13.7. The van der Waals surface area contributed by atoms with Gasteiger partial charge >= 0.3 is 0 Å². The molecule has 4 nitrogen and oxygen atoms in total. The van der Waals surface area contributed by atoms with E-state index in [1.165, 1.54) is 47.1 Å². The lowest BCUT2D eigenvalue weighted by molar-refractivity contribution is -0.120. The Kier molecular flexibility index (Phi) is 6.23. The molecule has 2 heterocycles. The second-order valence-corrected chi connectivity index (χ2v) is 8.91. The maximum absolute atomic E-state index is 12.5. The van der Waals surface area contributed by atoms with Crippen molar-refractivity contribution in [3.8, 4) is 0 Å². The zero-order valence-corrected chi connectivity index (χ0v) is 17.4. The number of nitrogens with one attached hydrogen (secondary N) is 1. The maximum Gasteiger partial charge on any atom is 0.221 e. The van der Waals surface area contributed by atoms with Crippen LogP contribution in [-0.4, -0.2) is 44.0 Å². The number of nitrogens with zero attached hydrogens (tertiary/aromatic N) is 2. The fourth-order valence-corrected chi connectivity index (χ4v) is 5.19. The van der Waals surface area contributed by atoms with Gasteiger partial charge in [-0.2, -0.15) is 0 Å². The molecule has 0 aliphatic carbocycles. The van der Waals surface area contributed by atoms with Crippen molar-refractivity contribution in [3.05, 3.63) is 48.5 Å². The summed E-state index contributed by atoms with van der Waals surface area (Å²) in [4.78, 5) is 19.6. The van der Waals surface area contributed by atoms with Crippen LogP contribution in [0.1, 0.15) is 25.7 Å². The minimum Gasteiger partial charge on any atom is -0.356 e. The molecule has 2 aromatic rings. The third-order valence-corrected chi connectivity index (χ3v) is 6.94. The van der Waals surface area contributed by atoms with Gasteiger partial charge in [-0.1, -0.05) is 36.0 Å². The molecule has 0 atom stereocenters. The van der Waals surface area contributed by atoms with Gasteiger partial charge in [0.05, 0.1) is 11.4 Å². The number of hydrogen-bond acceptors (Lipinski definition) is 4. The van der Waals surface area contributed by atoms with E-state index >= 15 is 0 Å². The molecule has 5 heteroatoms. The third kappa shape index (κ3) is 4.53. The summed E-state index contributed by atoms with van der Waals surface area (Å²) < 4.78 is 0. The van der Waals surface area contributed by atoms with Gasteiger partial charge in [0.1, 0.15) is 0 Å². The number of para-hydroxylation sites is 2. The van der Waals surface area contributed by atoms with E-state index in [1.54, 1.807) is 11.8 Å². The predicted molar refractivity (Wildman–Crippen MR) is 116 cm³/mol. The summed E-state index contributed by atoms with van der Waals surface area (Å²) in [5, 5.41) is 3.14. The van der Waals surface area contributed by atoms with Crippen molar-refractivity contribution in [1.82, 2.24) is 10.2 Å². The number of amides is 1. The van der Waals surface area contributed by atoms with Gasteiger partial charge in [0.15, 0.2) is 0 Å². The van der Waals surface area contributed by atoms with Crippen LogP contribution >= 0.6 is 11.8 Å². The Hall–Kier alpha value is -1.98. The second kappa shape index (κ2) is 9.01. The highest BCUT2D eigenvalue weighted by Crippen LogP contribution is 2.47. The van der Waals surface area contributed by atoms with Crippen molar-refractivity contribution in [2.24, 2.45) is 5.92 Å². The van der Waals surface area contributed by atoms with Gasteiger partial charge < -0.3 is 15.1 Å². The van der Waals surface area contributed by atoms with E-state index in [0.717, 1.165) is 18.9 Å². The Bertz CT molecular complexity index is 771. The van der Waals surface area contributed by atoms with Gasteiger partial charge in [-0.05, 0) is 69.6 Å². The van der Waals surface area contributed by atoms with E-state index in [4.69, 9.17) is 0 Å². The van der Waals surface area contributed by atoms with Crippen LogP contribution in [0.5, 0.6) is 0 Å². The molecule has 0 saturated carbocycles. The third-order valence-electron chi connectivity index (χ3n) is 5.81. The molecule has 0 aromatic heterocycles. The summed E-state index contributed by atoms with van der Waals surface area (Å²) in [5.41, 5.74) is 2.40. The average molecular weight is 396 g/mol. The van der Waals surface area contributed by atoms with Crippen molar-refractivity contribution >= 4 is 29.0 Å². The number of carbonyl (C=O) groups is 1. The first-order valence-corrected chi connectivity index (χ1v) is 11.1. The highest BCUT2D eigenvalue weighted by Gasteiger charge is 2.23. The normalized spacial score (nSPS) is 17.1. The van der Waals surface area contributed by atoms with Crippen LogP contribution in [0.15, 0.2) is 58.3 Å². The average Bonchev–Trinajstić information content (AvgIpc) is 2.72. The molecule has 2 aliphatic rings. The van der Waals surface area contributed by atoms with E-state index in [2.05, 4.69) is 70.7 Å². The van der Waals surface area contributed by atoms with Crippen LogP contribution in [0.4, 0.5) is 11.4 Å². The molecule has 2 aliphatic heterocycles. The summed E-state index contributed by atoms with van der Waals surface area (Å²) in [6.45, 7) is 3.87. The highest BCUT2D eigenvalue weighted by molar-refractivity contribution is 7.99. The smallest absolute Gasteiger partial charge is 0.221 e. The number of anilines is 2. The van der Waals surface area contributed by atoms with Gasteiger partial charge in [-0.15, -0.1) is 0 Å². The van der Waals surface area contributed by atoms with Crippen LogP contribution in [0.3, 0.4) is 0 Å². The molecule has 0 radical (unpaired) electrons. The van der Waals surface area contributed by atoms with Crippen LogP contribution in [-0.2, 0) is 4.79 Å². The van der Waals surface area contributed by atoms with Crippen molar-refractivity contribution in [3.63, 3.8) is 0 Å². The first-order valence-electron chi connectivity index (χ1n) is 10.3.